The molecular formula is C22H38O3. The summed E-state index contributed by atoms with van der Waals surface area (Å²) < 4.78 is 5.01. The molecule has 0 unspecified atom stereocenters. The quantitative estimate of drug-likeness (QED) is 0.136. The number of carboxylic acid groups (broad SMARTS) is 1. The van der Waals surface area contributed by atoms with E-state index in [2.05, 4.69) is 13.0 Å². The molecular weight excluding hydrogens is 312 g/mol. The summed E-state index contributed by atoms with van der Waals surface area (Å²) in [5, 5.41) is 8.88. The second-order valence-corrected chi connectivity index (χ2v) is 6.41. The van der Waals surface area contributed by atoms with E-state index >= 15 is 0 Å². The van der Waals surface area contributed by atoms with Gasteiger partial charge in [0.25, 0.3) is 0 Å². The lowest BCUT2D eigenvalue weighted by molar-refractivity contribution is -0.136. The predicted molar refractivity (Wildman–Crippen MR) is 107 cm³/mol. The average Bonchev–Trinajstić information content (AvgIpc) is 2.60. The van der Waals surface area contributed by atoms with Crippen molar-refractivity contribution in [3.05, 3.63) is 36.1 Å². The van der Waals surface area contributed by atoms with Crippen LogP contribution in [0.25, 0.3) is 0 Å². The third kappa shape index (κ3) is 17.1. The number of allylic oxidation sites excluding steroid dienone is 5. The molecule has 0 aliphatic heterocycles. The molecule has 1 N–H and O–H groups in total. The smallest absolute Gasteiger partial charge is 0.371 e. The number of ether oxygens (including phenoxy) is 1. The van der Waals surface area contributed by atoms with E-state index in [1.807, 2.05) is 12.2 Å². The van der Waals surface area contributed by atoms with Crippen LogP contribution in [0.3, 0.4) is 0 Å². The Bertz CT molecular complexity index is 394. The van der Waals surface area contributed by atoms with Gasteiger partial charge >= 0.3 is 5.97 Å². The first kappa shape index (κ1) is 23.5. The molecule has 0 rings (SSSR count). The molecule has 0 saturated heterocycles. The standard InChI is InChI=1S/C22H38O3/c1-3-5-6-7-8-9-10-11-12-13-14-15-16-17-18-19-20-21(22(23)24)25-4-2/h16-20H,3-15H2,1-2H3,(H,23,24)/b17-16+,19-18-,21-20-. The molecule has 0 radical (unpaired) electrons. The highest BCUT2D eigenvalue weighted by molar-refractivity contribution is 5.84. The van der Waals surface area contributed by atoms with Gasteiger partial charge in [0.15, 0.2) is 0 Å². The number of carboxylic acids is 1. The lowest BCUT2D eigenvalue weighted by Crippen LogP contribution is -2.04. The summed E-state index contributed by atoms with van der Waals surface area (Å²) in [5.41, 5.74) is 0. The van der Waals surface area contributed by atoms with Crippen molar-refractivity contribution in [2.24, 2.45) is 0 Å². The summed E-state index contributed by atoms with van der Waals surface area (Å²) in [6.07, 6.45) is 25.2. The van der Waals surface area contributed by atoms with Crippen LogP contribution in [0.1, 0.15) is 90.9 Å². The Balaban J connectivity index is 3.50. The van der Waals surface area contributed by atoms with Crippen molar-refractivity contribution < 1.29 is 14.6 Å². The number of rotatable bonds is 17. The third-order valence-corrected chi connectivity index (χ3v) is 4.09. The first-order valence-electron chi connectivity index (χ1n) is 10.1. The number of hydrogen-bond acceptors (Lipinski definition) is 2. The Hall–Kier alpha value is -1.51. The van der Waals surface area contributed by atoms with E-state index < -0.39 is 5.97 Å². The maximum absolute atomic E-state index is 10.8. The van der Waals surface area contributed by atoms with Gasteiger partial charge < -0.3 is 9.84 Å². The van der Waals surface area contributed by atoms with Gasteiger partial charge in [0.05, 0.1) is 6.61 Å². The van der Waals surface area contributed by atoms with Crippen LogP contribution < -0.4 is 0 Å². The molecule has 0 spiro atoms. The summed E-state index contributed by atoms with van der Waals surface area (Å²) in [6, 6.07) is 0. The second kappa shape index (κ2) is 18.8. The van der Waals surface area contributed by atoms with Crippen LogP contribution in [0.4, 0.5) is 0 Å². The summed E-state index contributed by atoms with van der Waals surface area (Å²) >= 11 is 0. The first-order valence-corrected chi connectivity index (χ1v) is 10.1. The SMILES string of the molecule is CCCCCCCCCCCCC/C=C/C=C\C=C(/OCC)C(=O)O. The minimum Gasteiger partial charge on any atom is -0.487 e. The van der Waals surface area contributed by atoms with Gasteiger partial charge in [0, 0.05) is 0 Å². The van der Waals surface area contributed by atoms with Crippen molar-refractivity contribution in [3.63, 3.8) is 0 Å². The Kier molecular flexibility index (Phi) is 17.7. The van der Waals surface area contributed by atoms with E-state index in [0.717, 1.165) is 6.42 Å². The van der Waals surface area contributed by atoms with Crippen LogP contribution >= 0.6 is 0 Å². The van der Waals surface area contributed by atoms with Crippen molar-refractivity contribution in [1.29, 1.82) is 0 Å². The van der Waals surface area contributed by atoms with Crippen LogP contribution in [-0.4, -0.2) is 17.7 Å². The Morgan fingerprint density at radius 1 is 0.800 bits per heavy atom. The van der Waals surface area contributed by atoms with E-state index in [1.54, 1.807) is 13.0 Å². The molecule has 0 bridgehead atoms. The Morgan fingerprint density at radius 2 is 1.36 bits per heavy atom. The van der Waals surface area contributed by atoms with Gasteiger partial charge in [-0.3, -0.25) is 0 Å². The van der Waals surface area contributed by atoms with Crippen LogP contribution in [0.5, 0.6) is 0 Å². The van der Waals surface area contributed by atoms with Crippen molar-refractivity contribution in [3.8, 4) is 0 Å². The lowest BCUT2D eigenvalue weighted by Gasteiger charge is -2.01. The lowest BCUT2D eigenvalue weighted by atomic mass is 10.1. The number of unbranched alkanes of at least 4 members (excludes halogenated alkanes) is 11. The van der Waals surface area contributed by atoms with E-state index in [1.165, 1.54) is 76.7 Å². The highest BCUT2D eigenvalue weighted by Crippen LogP contribution is 2.12. The summed E-state index contributed by atoms with van der Waals surface area (Å²) in [4.78, 5) is 10.8. The van der Waals surface area contributed by atoms with Gasteiger partial charge in [-0.15, -0.1) is 0 Å². The normalized spacial score (nSPS) is 12.3. The van der Waals surface area contributed by atoms with Gasteiger partial charge in [-0.25, -0.2) is 4.79 Å². The number of hydrogen-bond donors (Lipinski definition) is 1. The van der Waals surface area contributed by atoms with Crippen LogP contribution in [0.15, 0.2) is 36.1 Å². The fourth-order valence-electron chi connectivity index (χ4n) is 2.64. The topological polar surface area (TPSA) is 46.5 Å². The molecule has 0 fully saturated rings. The fraction of sp³-hybridized carbons (Fsp3) is 0.682. The highest BCUT2D eigenvalue weighted by atomic mass is 16.5. The number of aliphatic carboxylic acids is 1. The predicted octanol–water partition coefficient (Wildman–Crippen LogP) is 6.80. The van der Waals surface area contributed by atoms with E-state index in [4.69, 9.17) is 9.84 Å². The first-order chi connectivity index (χ1) is 12.2. The molecule has 0 aromatic heterocycles. The van der Waals surface area contributed by atoms with Crippen LogP contribution in [0, 0.1) is 0 Å². The summed E-state index contributed by atoms with van der Waals surface area (Å²) in [7, 11) is 0. The largest absolute Gasteiger partial charge is 0.487 e. The van der Waals surface area contributed by atoms with E-state index in [9.17, 15) is 4.79 Å². The molecule has 144 valence electrons. The van der Waals surface area contributed by atoms with Crippen LogP contribution in [-0.2, 0) is 9.53 Å². The monoisotopic (exact) mass is 350 g/mol. The molecule has 0 aromatic carbocycles. The van der Waals surface area contributed by atoms with Gasteiger partial charge in [-0.05, 0) is 25.8 Å². The van der Waals surface area contributed by atoms with Gasteiger partial charge in [-0.1, -0.05) is 95.4 Å². The maximum atomic E-state index is 10.8. The zero-order valence-electron chi connectivity index (χ0n) is 16.3. The van der Waals surface area contributed by atoms with E-state index in [-0.39, 0.29) is 5.76 Å². The zero-order chi connectivity index (χ0) is 18.6. The minimum atomic E-state index is -1.03. The molecule has 0 amide bonds. The van der Waals surface area contributed by atoms with Crippen molar-refractivity contribution >= 4 is 5.97 Å². The Morgan fingerprint density at radius 3 is 1.88 bits per heavy atom. The molecule has 0 aliphatic rings. The number of carbonyl (C=O) groups is 1. The zero-order valence-corrected chi connectivity index (χ0v) is 16.3. The molecule has 25 heavy (non-hydrogen) atoms. The minimum absolute atomic E-state index is 0.0162. The molecule has 3 heteroatoms. The summed E-state index contributed by atoms with van der Waals surface area (Å²) in [6.45, 7) is 4.40. The molecule has 0 heterocycles. The van der Waals surface area contributed by atoms with Crippen molar-refractivity contribution in [2.45, 2.75) is 90.9 Å². The van der Waals surface area contributed by atoms with Crippen molar-refractivity contribution in [1.82, 2.24) is 0 Å². The van der Waals surface area contributed by atoms with Gasteiger partial charge in [0.2, 0.25) is 5.76 Å². The molecule has 0 aromatic rings. The third-order valence-electron chi connectivity index (χ3n) is 4.09. The van der Waals surface area contributed by atoms with Gasteiger partial charge in [0.1, 0.15) is 0 Å². The van der Waals surface area contributed by atoms with Crippen LogP contribution in [0.2, 0.25) is 0 Å². The average molecular weight is 351 g/mol. The van der Waals surface area contributed by atoms with Gasteiger partial charge in [-0.2, -0.15) is 0 Å². The molecule has 0 saturated carbocycles. The summed E-state index contributed by atoms with van der Waals surface area (Å²) in [5.74, 6) is -1.05. The molecule has 0 atom stereocenters. The molecule has 3 nitrogen and oxygen atoms in total. The molecule has 0 aliphatic carbocycles. The van der Waals surface area contributed by atoms with Crippen molar-refractivity contribution in [2.75, 3.05) is 6.61 Å². The van der Waals surface area contributed by atoms with E-state index in [0.29, 0.717) is 6.61 Å². The maximum Gasteiger partial charge on any atom is 0.371 e. The highest BCUT2D eigenvalue weighted by Gasteiger charge is 2.04. The second-order valence-electron chi connectivity index (χ2n) is 6.41. The fourth-order valence-corrected chi connectivity index (χ4v) is 2.64. The Labute approximate surface area is 154 Å².